The number of aryl methyl sites for hydroxylation is 1. The Hall–Kier alpha value is -1.62. The van der Waals surface area contributed by atoms with Crippen LogP contribution in [0.15, 0.2) is 42.6 Å². The number of carbonyl (C=O) groups is 1. The SMILES string of the molecule is Cn1nccc1C(=O)N(CCBr)Cc1ccccc1. The first-order valence-electron chi connectivity index (χ1n) is 6.09. The summed E-state index contributed by atoms with van der Waals surface area (Å²) >= 11 is 3.40. The summed E-state index contributed by atoms with van der Waals surface area (Å²) in [5.74, 6) is 0.00306. The lowest BCUT2D eigenvalue weighted by Crippen LogP contribution is -2.33. The van der Waals surface area contributed by atoms with E-state index >= 15 is 0 Å². The molecule has 0 aliphatic rings. The molecule has 100 valence electrons. The average Bonchev–Trinajstić information content (AvgIpc) is 2.85. The van der Waals surface area contributed by atoms with Crippen LogP contribution in [0, 0.1) is 0 Å². The summed E-state index contributed by atoms with van der Waals surface area (Å²) in [6, 6.07) is 11.7. The van der Waals surface area contributed by atoms with Gasteiger partial charge < -0.3 is 4.90 Å². The minimum atomic E-state index is 0.00306. The number of benzene rings is 1. The summed E-state index contributed by atoms with van der Waals surface area (Å²) in [4.78, 5) is 14.3. The van der Waals surface area contributed by atoms with Gasteiger partial charge >= 0.3 is 0 Å². The maximum atomic E-state index is 12.5. The Morgan fingerprint density at radius 2 is 2.05 bits per heavy atom. The normalized spacial score (nSPS) is 10.4. The van der Waals surface area contributed by atoms with Gasteiger partial charge in [-0.05, 0) is 11.6 Å². The third-order valence-corrected chi connectivity index (χ3v) is 3.25. The molecule has 2 aromatic rings. The largest absolute Gasteiger partial charge is 0.332 e. The molecule has 1 heterocycles. The lowest BCUT2D eigenvalue weighted by atomic mass is 10.2. The Morgan fingerprint density at radius 3 is 2.63 bits per heavy atom. The quantitative estimate of drug-likeness (QED) is 0.793. The van der Waals surface area contributed by atoms with E-state index in [0.29, 0.717) is 18.8 Å². The van der Waals surface area contributed by atoms with Gasteiger partial charge in [-0.3, -0.25) is 9.48 Å². The Bertz CT molecular complexity index is 539. The molecule has 0 atom stereocenters. The highest BCUT2D eigenvalue weighted by Crippen LogP contribution is 2.10. The van der Waals surface area contributed by atoms with E-state index in [0.717, 1.165) is 10.9 Å². The second-order valence-corrected chi connectivity index (χ2v) is 5.03. The molecule has 2 rings (SSSR count). The van der Waals surface area contributed by atoms with Crippen molar-refractivity contribution < 1.29 is 4.79 Å². The van der Waals surface area contributed by atoms with Crippen molar-refractivity contribution in [2.45, 2.75) is 6.54 Å². The van der Waals surface area contributed by atoms with E-state index in [1.54, 1.807) is 24.0 Å². The lowest BCUT2D eigenvalue weighted by molar-refractivity contribution is 0.0743. The van der Waals surface area contributed by atoms with Crippen LogP contribution >= 0.6 is 15.9 Å². The van der Waals surface area contributed by atoms with Gasteiger partial charge in [-0.2, -0.15) is 5.10 Å². The molecule has 19 heavy (non-hydrogen) atoms. The summed E-state index contributed by atoms with van der Waals surface area (Å²) in [5, 5.41) is 4.80. The highest BCUT2D eigenvalue weighted by molar-refractivity contribution is 9.09. The Kier molecular flexibility index (Phi) is 4.74. The van der Waals surface area contributed by atoms with Crippen LogP contribution < -0.4 is 0 Å². The van der Waals surface area contributed by atoms with E-state index in [4.69, 9.17) is 0 Å². The maximum absolute atomic E-state index is 12.5. The summed E-state index contributed by atoms with van der Waals surface area (Å²) < 4.78 is 1.61. The molecule has 0 N–H and O–H groups in total. The molecule has 0 spiro atoms. The third-order valence-electron chi connectivity index (χ3n) is 2.90. The van der Waals surface area contributed by atoms with Gasteiger partial charge in [0.05, 0.1) is 0 Å². The molecule has 1 aromatic heterocycles. The molecule has 0 saturated carbocycles. The van der Waals surface area contributed by atoms with Crippen molar-refractivity contribution in [1.29, 1.82) is 0 Å². The molecule has 1 amide bonds. The van der Waals surface area contributed by atoms with Crippen LogP contribution in [0.3, 0.4) is 0 Å². The predicted octanol–water partition coefficient (Wildman–Crippen LogP) is 2.46. The van der Waals surface area contributed by atoms with E-state index in [1.807, 2.05) is 35.2 Å². The van der Waals surface area contributed by atoms with Gasteiger partial charge in [-0.25, -0.2) is 0 Å². The fourth-order valence-electron chi connectivity index (χ4n) is 1.90. The van der Waals surface area contributed by atoms with Crippen LogP contribution in [-0.2, 0) is 13.6 Å². The molecular weight excluding hydrogens is 306 g/mol. The van der Waals surface area contributed by atoms with E-state index in [2.05, 4.69) is 21.0 Å². The number of amides is 1. The molecule has 4 nitrogen and oxygen atoms in total. The summed E-state index contributed by atoms with van der Waals surface area (Å²) in [5.41, 5.74) is 1.73. The number of carbonyl (C=O) groups excluding carboxylic acids is 1. The minimum absolute atomic E-state index is 0.00306. The average molecular weight is 322 g/mol. The smallest absolute Gasteiger partial charge is 0.272 e. The van der Waals surface area contributed by atoms with Gasteiger partial charge in [0.2, 0.25) is 0 Å². The van der Waals surface area contributed by atoms with Gasteiger partial charge in [0.1, 0.15) is 5.69 Å². The van der Waals surface area contributed by atoms with Crippen LogP contribution in [0.5, 0.6) is 0 Å². The van der Waals surface area contributed by atoms with Crippen LogP contribution in [-0.4, -0.2) is 32.5 Å². The summed E-state index contributed by atoms with van der Waals surface area (Å²) in [7, 11) is 1.78. The summed E-state index contributed by atoms with van der Waals surface area (Å²) in [6.07, 6.45) is 1.64. The van der Waals surface area contributed by atoms with Crippen molar-refractivity contribution in [3.05, 3.63) is 53.9 Å². The van der Waals surface area contributed by atoms with Crippen molar-refractivity contribution in [3.8, 4) is 0 Å². The number of rotatable bonds is 5. The third kappa shape index (κ3) is 3.44. The monoisotopic (exact) mass is 321 g/mol. The number of alkyl halides is 1. The highest BCUT2D eigenvalue weighted by atomic mass is 79.9. The molecule has 0 aliphatic heterocycles. The fraction of sp³-hybridized carbons (Fsp3) is 0.286. The number of halogens is 1. The predicted molar refractivity (Wildman–Crippen MR) is 78.2 cm³/mol. The van der Waals surface area contributed by atoms with Crippen LogP contribution in [0.2, 0.25) is 0 Å². The van der Waals surface area contributed by atoms with Crippen LogP contribution in [0.1, 0.15) is 16.1 Å². The molecule has 0 unspecified atom stereocenters. The van der Waals surface area contributed by atoms with E-state index in [1.165, 1.54) is 0 Å². The van der Waals surface area contributed by atoms with Gasteiger partial charge in [0.25, 0.3) is 5.91 Å². The van der Waals surface area contributed by atoms with Gasteiger partial charge in [0.15, 0.2) is 0 Å². The first-order chi connectivity index (χ1) is 9.22. The Labute approximate surface area is 121 Å². The topological polar surface area (TPSA) is 38.1 Å². The zero-order chi connectivity index (χ0) is 13.7. The first kappa shape index (κ1) is 13.8. The van der Waals surface area contributed by atoms with Gasteiger partial charge in [0, 0.05) is 31.7 Å². The number of hydrogen-bond donors (Lipinski definition) is 0. The Morgan fingerprint density at radius 1 is 1.32 bits per heavy atom. The molecule has 0 radical (unpaired) electrons. The molecule has 0 aliphatic carbocycles. The highest BCUT2D eigenvalue weighted by Gasteiger charge is 2.18. The Balaban J connectivity index is 2.16. The van der Waals surface area contributed by atoms with Gasteiger partial charge in [-0.15, -0.1) is 0 Å². The van der Waals surface area contributed by atoms with Crippen molar-refractivity contribution in [2.24, 2.45) is 7.05 Å². The van der Waals surface area contributed by atoms with Crippen LogP contribution in [0.4, 0.5) is 0 Å². The molecular formula is C14H16BrN3O. The maximum Gasteiger partial charge on any atom is 0.272 e. The van der Waals surface area contributed by atoms with Crippen molar-refractivity contribution in [1.82, 2.24) is 14.7 Å². The zero-order valence-corrected chi connectivity index (χ0v) is 12.4. The summed E-state index contributed by atoms with van der Waals surface area (Å²) in [6.45, 7) is 1.27. The first-order valence-corrected chi connectivity index (χ1v) is 7.21. The number of hydrogen-bond acceptors (Lipinski definition) is 2. The van der Waals surface area contributed by atoms with E-state index in [9.17, 15) is 4.79 Å². The number of aromatic nitrogens is 2. The lowest BCUT2D eigenvalue weighted by Gasteiger charge is -2.21. The second kappa shape index (κ2) is 6.52. The van der Waals surface area contributed by atoms with E-state index in [-0.39, 0.29) is 5.91 Å². The van der Waals surface area contributed by atoms with Crippen molar-refractivity contribution >= 4 is 21.8 Å². The van der Waals surface area contributed by atoms with Crippen molar-refractivity contribution in [3.63, 3.8) is 0 Å². The van der Waals surface area contributed by atoms with Gasteiger partial charge in [-0.1, -0.05) is 46.3 Å². The molecule has 5 heteroatoms. The van der Waals surface area contributed by atoms with Crippen molar-refractivity contribution in [2.75, 3.05) is 11.9 Å². The second-order valence-electron chi connectivity index (χ2n) is 4.24. The molecule has 0 bridgehead atoms. The molecule has 0 saturated heterocycles. The van der Waals surface area contributed by atoms with Crippen LogP contribution in [0.25, 0.3) is 0 Å². The number of nitrogens with zero attached hydrogens (tertiary/aromatic N) is 3. The molecule has 1 aromatic carbocycles. The fourth-order valence-corrected chi connectivity index (χ4v) is 2.33. The minimum Gasteiger partial charge on any atom is -0.332 e. The zero-order valence-electron chi connectivity index (χ0n) is 10.8. The van der Waals surface area contributed by atoms with E-state index < -0.39 is 0 Å². The standard InChI is InChI=1S/C14H16BrN3O/c1-17-13(7-9-16-17)14(19)18(10-8-15)11-12-5-3-2-4-6-12/h2-7,9H,8,10-11H2,1H3. The molecule has 0 fully saturated rings.